The van der Waals surface area contributed by atoms with Crippen molar-refractivity contribution < 1.29 is 17.9 Å². The monoisotopic (exact) mass is 435 g/mol. The van der Waals surface area contributed by atoms with E-state index < -0.39 is 11.6 Å². The van der Waals surface area contributed by atoms with E-state index >= 15 is 0 Å². The number of fused-ring (bicyclic) bond motifs is 2. The van der Waals surface area contributed by atoms with E-state index in [1.807, 2.05) is 6.92 Å². The molecule has 1 fully saturated rings. The molecule has 1 saturated heterocycles. The maximum Gasteiger partial charge on any atom is 0.177 e. The fourth-order valence-corrected chi connectivity index (χ4v) is 6.03. The number of hydrogen-bond donors (Lipinski definition) is 0. The SMILES string of the molecule is CC1=NN(c2c(F)cccc2F)CC1CN1CCC2(CC1)OCCc1cc(F)sc12. The van der Waals surface area contributed by atoms with E-state index in [2.05, 4.69) is 10.0 Å². The molecular weight excluding hydrogens is 411 g/mol. The van der Waals surface area contributed by atoms with Crippen molar-refractivity contribution in [1.29, 1.82) is 0 Å². The van der Waals surface area contributed by atoms with E-state index in [4.69, 9.17) is 4.74 Å². The zero-order valence-corrected chi connectivity index (χ0v) is 17.7. The van der Waals surface area contributed by atoms with E-state index in [0.717, 1.165) is 55.0 Å². The van der Waals surface area contributed by atoms with Crippen LogP contribution in [0.2, 0.25) is 0 Å². The number of halogens is 3. The first-order valence-corrected chi connectivity index (χ1v) is 11.2. The van der Waals surface area contributed by atoms with Crippen molar-refractivity contribution in [2.45, 2.75) is 31.8 Å². The summed E-state index contributed by atoms with van der Waals surface area (Å²) in [6, 6.07) is 5.53. The summed E-state index contributed by atoms with van der Waals surface area (Å²) >= 11 is 1.22. The van der Waals surface area contributed by atoms with Crippen LogP contribution in [-0.4, -0.2) is 43.4 Å². The van der Waals surface area contributed by atoms with E-state index in [1.54, 1.807) is 6.07 Å². The number of para-hydroxylation sites is 1. The van der Waals surface area contributed by atoms with Crippen molar-refractivity contribution in [3.8, 4) is 0 Å². The normalized spacial score (nSPS) is 23.7. The summed E-state index contributed by atoms with van der Waals surface area (Å²) < 4.78 is 48.3. The Labute approximate surface area is 177 Å². The molecule has 0 bridgehead atoms. The van der Waals surface area contributed by atoms with E-state index in [9.17, 15) is 13.2 Å². The lowest BCUT2D eigenvalue weighted by Gasteiger charge is -2.44. The van der Waals surface area contributed by atoms with Gasteiger partial charge in [0.15, 0.2) is 16.8 Å². The second-order valence-electron chi connectivity index (χ2n) is 8.39. The van der Waals surface area contributed by atoms with Crippen LogP contribution in [0.4, 0.5) is 18.9 Å². The Morgan fingerprint density at radius 2 is 1.93 bits per heavy atom. The first-order valence-electron chi connectivity index (χ1n) is 10.4. The molecule has 1 atom stereocenters. The number of hydrogen-bond acceptors (Lipinski definition) is 5. The number of anilines is 1. The number of hydrazone groups is 1. The zero-order chi connectivity index (χ0) is 20.9. The van der Waals surface area contributed by atoms with Crippen LogP contribution >= 0.6 is 11.3 Å². The van der Waals surface area contributed by atoms with Crippen molar-refractivity contribution in [3.05, 3.63) is 51.5 Å². The van der Waals surface area contributed by atoms with Gasteiger partial charge in [0, 0.05) is 36.1 Å². The van der Waals surface area contributed by atoms with Gasteiger partial charge in [-0.15, -0.1) is 11.3 Å². The van der Waals surface area contributed by atoms with Crippen molar-refractivity contribution in [3.63, 3.8) is 0 Å². The topological polar surface area (TPSA) is 28.1 Å². The van der Waals surface area contributed by atoms with Gasteiger partial charge in [0.05, 0.1) is 13.2 Å². The van der Waals surface area contributed by atoms with Gasteiger partial charge >= 0.3 is 0 Å². The zero-order valence-electron chi connectivity index (χ0n) is 16.8. The predicted molar refractivity (Wildman–Crippen MR) is 112 cm³/mol. The molecule has 8 heteroatoms. The highest BCUT2D eigenvalue weighted by Gasteiger charge is 2.43. The molecule has 0 amide bonds. The first kappa shape index (κ1) is 20.0. The Balaban J connectivity index is 1.24. The second kappa shape index (κ2) is 7.66. The van der Waals surface area contributed by atoms with Gasteiger partial charge in [-0.2, -0.15) is 9.49 Å². The van der Waals surface area contributed by atoms with Crippen LogP contribution in [0.25, 0.3) is 0 Å². The summed E-state index contributed by atoms with van der Waals surface area (Å²) in [6.07, 6.45) is 2.43. The molecule has 0 radical (unpaired) electrons. The fraction of sp³-hybridized carbons (Fsp3) is 0.500. The second-order valence-corrected chi connectivity index (χ2v) is 9.39. The van der Waals surface area contributed by atoms with Crippen molar-refractivity contribution in [2.24, 2.45) is 11.0 Å². The van der Waals surface area contributed by atoms with E-state index in [1.165, 1.54) is 34.5 Å². The molecule has 3 aliphatic rings. The highest BCUT2D eigenvalue weighted by atomic mass is 32.1. The molecule has 4 nitrogen and oxygen atoms in total. The summed E-state index contributed by atoms with van der Waals surface area (Å²) in [7, 11) is 0. The Bertz CT molecular complexity index is 964. The van der Waals surface area contributed by atoms with E-state index in [0.29, 0.717) is 13.2 Å². The number of ether oxygens (including phenoxy) is 1. The van der Waals surface area contributed by atoms with Gasteiger partial charge in [-0.25, -0.2) is 8.78 Å². The minimum atomic E-state index is -0.597. The molecule has 3 aliphatic heterocycles. The molecular formula is C22H24F3N3OS. The van der Waals surface area contributed by atoms with Gasteiger partial charge in [0.2, 0.25) is 0 Å². The lowest BCUT2D eigenvalue weighted by atomic mass is 9.85. The van der Waals surface area contributed by atoms with Crippen LogP contribution in [0.3, 0.4) is 0 Å². The van der Waals surface area contributed by atoms with Gasteiger partial charge in [0.1, 0.15) is 11.3 Å². The van der Waals surface area contributed by atoms with Crippen LogP contribution in [0, 0.1) is 22.7 Å². The predicted octanol–water partition coefficient (Wildman–Crippen LogP) is 4.54. The minimum Gasteiger partial charge on any atom is -0.369 e. The number of thiophene rings is 1. The molecule has 5 rings (SSSR count). The molecule has 160 valence electrons. The molecule has 1 unspecified atom stereocenters. The summed E-state index contributed by atoms with van der Waals surface area (Å²) in [4.78, 5) is 3.42. The van der Waals surface area contributed by atoms with Gasteiger partial charge in [0.25, 0.3) is 0 Å². The molecule has 1 aromatic carbocycles. The third-order valence-corrected chi connectivity index (χ3v) is 7.69. The summed E-state index contributed by atoms with van der Waals surface area (Å²) in [5.74, 6) is -1.08. The van der Waals surface area contributed by atoms with Gasteiger partial charge in [-0.1, -0.05) is 6.07 Å². The van der Waals surface area contributed by atoms with Crippen LogP contribution in [0.15, 0.2) is 29.4 Å². The molecule has 30 heavy (non-hydrogen) atoms. The number of nitrogens with zero attached hydrogens (tertiary/aromatic N) is 3. The highest BCUT2D eigenvalue weighted by Crippen LogP contribution is 2.45. The van der Waals surface area contributed by atoms with Crippen molar-refractivity contribution in [1.82, 2.24) is 4.90 Å². The van der Waals surface area contributed by atoms with Crippen LogP contribution in [0.1, 0.15) is 30.2 Å². The minimum absolute atomic E-state index is 0.0835. The molecule has 1 aromatic heterocycles. The molecule has 4 heterocycles. The molecule has 1 spiro atoms. The quantitative estimate of drug-likeness (QED) is 0.709. The van der Waals surface area contributed by atoms with Crippen LogP contribution in [-0.2, 0) is 16.8 Å². The first-order chi connectivity index (χ1) is 14.4. The summed E-state index contributed by atoms with van der Waals surface area (Å²) in [6.45, 7) is 5.49. The maximum absolute atomic E-state index is 14.1. The maximum atomic E-state index is 14.1. The Morgan fingerprint density at radius 1 is 1.20 bits per heavy atom. The van der Waals surface area contributed by atoms with E-state index in [-0.39, 0.29) is 22.3 Å². The van der Waals surface area contributed by atoms with Crippen molar-refractivity contribution >= 4 is 22.7 Å². The Morgan fingerprint density at radius 3 is 2.67 bits per heavy atom. The van der Waals surface area contributed by atoms with Crippen molar-refractivity contribution in [2.75, 3.05) is 37.8 Å². The smallest absolute Gasteiger partial charge is 0.177 e. The fourth-order valence-electron chi connectivity index (χ4n) is 4.89. The van der Waals surface area contributed by atoms with Gasteiger partial charge in [-0.05, 0) is 49.9 Å². The van der Waals surface area contributed by atoms with Crippen LogP contribution in [0.5, 0.6) is 0 Å². The lowest BCUT2D eigenvalue weighted by molar-refractivity contribution is -0.0955. The Kier molecular flexibility index (Phi) is 5.11. The third-order valence-electron chi connectivity index (χ3n) is 6.54. The summed E-state index contributed by atoms with van der Waals surface area (Å²) in [5.41, 5.74) is 1.54. The number of rotatable bonds is 3. The highest BCUT2D eigenvalue weighted by molar-refractivity contribution is 7.10. The average Bonchev–Trinajstić information content (AvgIpc) is 3.27. The third kappa shape index (κ3) is 3.44. The Hall–Kier alpha value is -1.90. The molecule has 0 aliphatic carbocycles. The average molecular weight is 436 g/mol. The number of likely N-dealkylation sites (tertiary alicyclic amines) is 1. The lowest BCUT2D eigenvalue weighted by Crippen LogP contribution is -2.47. The van der Waals surface area contributed by atoms with Gasteiger partial charge in [-0.3, -0.25) is 5.01 Å². The standard InChI is InChI=1S/C22H24F3N3OS/c1-14-16(13-28(26-14)20-17(23)3-2-4-18(20)24)12-27-8-6-22(7-9-27)21-15(5-10-29-22)11-19(25)30-21/h2-4,11,16H,5-10,12-13H2,1H3. The van der Waals surface area contributed by atoms with Crippen LogP contribution < -0.4 is 5.01 Å². The summed E-state index contributed by atoms with van der Waals surface area (Å²) in [5, 5.41) is 5.73. The largest absolute Gasteiger partial charge is 0.369 e. The molecule has 0 N–H and O–H groups in total. The number of benzene rings is 1. The number of piperidine rings is 1. The molecule has 0 saturated carbocycles. The van der Waals surface area contributed by atoms with Gasteiger partial charge < -0.3 is 9.64 Å². The molecule has 2 aromatic rings.